The molecule has 23 heavy (non-hydrogen) atoms. The lowest BCUT2D eigenvalue weighted by atomic mass is 9.79. The molecular formula is C15H21FN4O2S. The molecule has 6 nitrogen and oxygen atoms in total. The SMILES string of the molecule is O=S(=O)(C1CC1)N1CC[C@]2(CCCN(c3ncc(F)cn3)C2)C1. The van der Waals surface area contributed by atoms with Crippen LogP contribution in [0.2, 0.25) is 0 Å². The second-order valence-electron chi connectivity index (χ2n) is 7.05. The highest BCUT2D eigenvalue weighted by atomic mass is 32.2. The van der Waals surface area contributed by atoms with Crippen molar-refractivity contribution in [2.24, 2.45) is 5.41 Å². The summed E-state index contributed by atoms with van der Waals surface area (Å²) in [5.41, 5.74) is -0.0159. The Labute approximate surface area is 135 Å². The number of rotatable bonds is 3. The third-order valence-electron chi connectivity index (χ3n) is 5.26. The summed E-state index contributed by atoms with van der Waals surface area (Å²) in [6.45, 7) is 2.80. The van der Waals surface area contributed by atoms with Crippen LogP contribution in [-0.4, -0.2) is 54.1 Å². The fraction of sp³-hybridized carbons (Fsp3) is 0.733. The van der Waals surface area contributed by atoms with E-state index in [-0.39, 0.29) is 10.7 Å². The summed E-state index contributed by atoms with van der Waals surface area (Å²) in [4.78, 5) is 10.2. The number of piperidine rings is 1. The van der Waals surface area contributed by atoms with Gasteiger partial charge >= 0.3 is 0 Å². The largest absolute Gasteiger partial charge is 0.340 e. The number of anilines is 1. The van der Waals surface area contributed by atoms with Gasteiger partial charge in [-0.3, -0.25) is 0 Å². The average Bonchev–Trinajstić information content (AvgIpc) is 3.32. The van der Waals surface area contributed by atoms with Crippen molar-refractivity contribution >= 4 is 16.0 Å². The Hall–Kier alpha value is -1.28. The monoisotopic (exact) mass is 340 g/mol. The van der Waals surface area contributed by atoms with Gasteiger partial charge in [0.25, 0.3) is 0 Å². The molecule has 0 unspecified atom stereocenters. The Morgan fingerprint density at radius 1 is 1.13 bits per heavy atom. The van der Waals surface area contributed by atoms with Gasteiger partial charge in [-0.25, -0.2) is 27.1 Å². The van der Waals surface area contributed by atoms with Crippen molar-refractivity contribution in [3.63, 3.8) is 0 Å². The van der Waals surface area contributed by atoms with Gasteiger partial charge in [0.15, 0.2) is 5.82 Å². The van der Waals surface area contributed by atoms with Gasteiger partial charge in [-0.05, 0) is 32.1 Å². The molecule has 8 heteroatoms. The first-order valence-electron chi connectivity index (χ1n) is 8.20. The highest BCUT2D eigenvalue weighted by molar-refractivity contribution is 7.90. The Morgan fingerprint density at radius 3 is 2.57 bits per heavy atom. The minimum atomic E-state index is -3.09. The van der Waals surface area contributed by atoms with Crippen molar-refractivity contribution in [2.75, 3.05) is 31.1 Å². The summed E-state index contributed by atoms with van der Waals surface area (Å²) in [6, 6.07) is 0. The molecule has 0 bridgehead atoms. The molecule has 1 aromatic rings. The van der Waals surface area contributed by atoms with Crippen LogP contribution in [0, 0.1) is 11.2 Å². The molecule has 3 aliphatic rings. The molecule has 1 spiro atoms. The maximum Gasteiger partial charge on any atom is 0.225 e. The van der Waals surface area contributed by atoms with Crippen molar-refractivity contribution in [1.29, 1.82) is 0 Å². The first-order chi connectivity index (χ1) is 11.0. The molecule has 2 aliphatic heterocycles. The molecule has 0 amide bonds. The van der Waals surface area contributed by atoms with E-state index in [4.69, 9.17) is 0 Å². The molecule has 0 N–H and O–H groups in total. The number of halogens is 1. The van der Waals surface area contributed by atoms with E-state index in [9.17, 15) is 12.8 Å². The Kier molecular flexibility index (Phi) is 3.57. The normalized spacial score (nSPS) is 29.3. The summed E-state index contributed by atoms with van der Waals surface area (Å²) in [7, 11) is -3.09. The van der Waals surface area contributed by atoms with Crippen LogP contribution < -0.4 is 4.90 Å². The van der Waals surface area contributed by atoms with E-state index in [1.54, 1.807) is 4.31 Å². The lowest BCUT2D eigenvalue weighted by Gasteiger charge is -2.40. The van der Waals surface area contributed by atoms with E-state index < -0.39 is 15.8 Å². The molecular weight excluding hydrogens is 319 g/mol. The molecule has 126 valence electrons. The molecule has 4 rings (SSSR count). The molecule has 2 saturated heterocycles. The van der Waals surface area contributed by atoms with Gasteiger partial charge in [-0.1, -0.05) is 0 Å². The smallest absolute Gasteiger partial charge is 0.225 e. The molecule has 0 radical (unpaired) electrons. The van der Waals surface area contributed by atoms with Crippen molar-refractivity contribution in [1.82, 2.24) is 14.3 Å². The molecule has 0 aromatic carbocycles. The van der Waals surface area contributed by atoms with Crippen molar-refractivity contribution in [2.45, 2.75) is 37.4 Å². The lowest BCUT2D eigenvalue weighted by Crippen LogP contribution is -2.46. The van der Waals surface area contributed by atoms with Gasteiger partial charge in [-0.15, -0.1) is 0 Å². The highest BCUT2D eigenvalue weighted by Crippen LogP contribution is 2.43. The zero-order valence-electron chi connectivity index (χ0n) is 13.0. The molecule has 1 atom stereocenters. The minimum Gasteiger partial charge on any atom is -0.340 e. The van der Waals surface area contributed by atoms with Gasteiger partial charge in [0.2, 0.25) is 16.0 Å². The Morgan fingerprint density at radius 2 is 1.87 bits per heavy atom. The van der Waals surface area contributed by atoms with E-state index in [1.165, 1.54) is 12.4 Å². The molecule has 1 aliphatic carbocycles. The third-order valence-corrected chi connectivity index (χ3v) is 7.61. The van der Waals surface area contributed by atoms with Gasteiger partial charge < -0.3 is 4.90 Å². The third kappa shape index (κ3) is 2.82. The van der Waals surface area contributed by atoms with Gasteiger partial charge in [0, 0.05) is 31.6 Å². The van der Waals surface area contributed by atoms with E-state index in [0.29, 0.717) is 19.0 Å². The van der Waals surface area contributed by atoms with Gasteiger partial charge in [-0.2, -0.15) is 0 Å². The topological polar surface area (TPSA) is 66.4 Å². The highest BCUT2D eigenvalue weighted by Gasteiger charge is 2.49. The van der Waals surface area contributed by atoms with E-state index in [2.05, 4.69) is 14.9 Å². The van der Waals surface area contributed by atoms with Gasteiger partial charge in [0.05, 0.1) is 17.6 Å². The zero-order valence-corrected chi connectivity index (χ0v) is 13.8. The van der Waals surface area contributed by atoms with Crippen LogP contribution in [0.1, 0.15) is 32.1 Å². The maximum atomic E-state index is 13.0. The quantitative estimate of drug-likeness (QED) is 0.832. The van der Waals surface area contributed by atoms with E-state index >= 15 is 0 Å². The van der Waals surface area contributed by atoms with Crippen LogP contribution in [0.25, 0.3) is 0 Å². The van der Waals surface area contributed by atoms with E-state index in [0.717, 1.165) is 45.2 Å². The van der Waals surface area contributed by atoms with Crippen LogP contribution in [0.3, 0.4) is 0 Å². The Bertz CT molecular complexity index is 692. The predicted octanol–water partition coefficient (Wildman–Crippen LogP) is 1.40. The fourth-order valence-corrected chi connectivity index (χ4v) is 5.82. The van der Waals surface area contributed by atoms with Crippen LogP contribution in [0.5, 0.6) is 0 Å². The minimum absolute atomic E-state index is 0.0159. The zero-order chi connectivity index (χ0) is 16.1. The fourth-order valence-electron chi connectivity index (χ4n) is 3.87. The van der Waals surface area contributed by atoms with Crippen molar-refractivity contribution in [3.05, 3.63) is 18.2 Å². The first kappa shape index (κ1) is 15.3. The average molecular weight is 340 g/mol. The molecule has 1 aromatic heterocycles. The summed E-state index contributed by atoms with van der Waals surface area (Å²) >= 11 is 0. The van der Waals surface area contributed by atoms with Crippen LogP contribution in [0.15, 0.2) is 12.4 Å². The number of sulfonamides is 1. The summed E-state index contributed by atoms with van der Waals surface area (Å²) in [6.07, 6.45) is 6.88. The summed E-state index contributed by atoms with van der Waals surface area (Å²) in [5.74, 6) is 0.0945. The molecule has 3 fully saturated rings. The van der Waals surface area contributed by atoms with Crippen LogP contribution in [-0.2, 0) is 10.0 Å². The molecule has 3 heterocycles. The number of hydrogen-bond acceptors (Lipinski definition) is 5. The predicted molar refractivity (Wildman–Crippen MR) is 84.0 cm³/mol. The van der Waals surface area contributed by atoms with Crippen molar-refractivity contribution < 1.29 is 12.8 Å². The van der Waals surface area contributed by atoms with Crippen molar-refractivity contribution in [3.8, 4) is 0 Å². The first-order valence-corrected chi connectivity index (χ1v) is 9.70. The number of aromatic nitrogens is 2. The number of nitrogens with zero attached hydrogens (tertiary/aromatic N) is 4. The second kappa shape index (κ2) is 5.37. The Balaban J connectivity index is 1.50. The second-order valence-corrected chi connectivity index (χ2v) is 9.27. The van der Waals surface area contributed by atoms with Crippen LogP contribution >= 0.6 is 0 Å². The number of hydrogen-bond donors (Lipinski definition) is 0. The van der Waals surface area contributed by atoms with Gasteiger partial charge in [0.1, 0.15) is 0 Å². The lowest BCUT2D eigenvalue weighted by molar-refractivity contribution is 0.246. The summed E-state index contributed by atoms with van der Waals surface area (Å²) in [5, 5.41) is -0.141. The maximum absolute atomic E-state index is 13.0. The molecule has 1 saturated carbocycles. The van der Waals surface area contributed by atoms with Crippen LogP contribution in [0.4, 0.5) is 10.3 Å². The van der Waals surface area contributed by atoms with E-state index in [1.807, 2.05) is 0 Å². The summed E-state index contributed by atoms with van der Waals surface area (Å²) < 4.78 is 39.6. The standard InChI is InChI=1S/C15H21FN4O2S/c16-12-8-17-14(18-9-12)19-6-1-4-15(10-19)5-7-20(11-15)23(21,22)13-2-3-13/h8-9,13H,1-7,10-11H2/t15-/m0/s1.